The van der Waals surface area contributed by atoms with Crippen LogP contribution in [-0.2, 0) is 10.0 Å². The zero-order valence-corrected chi connectivity index (χ0v) is 10.6. The third-order valence-corrected chi connectivity index (χ3v) is 3.94. The van der Waals surface area contributed by atoms with E-state index in [0.717, 1.165) is 12.1 Å². The second kappa shape index (κ2) is 5.52. The maximum Gasteiger partial charge on any atom is 0.241 e. The smallest absolute Gasteiger partial charge is 0.241 e. The predicted molar refractivity (Wildman–Crippen MR) is 65.3 cm³/mol. The van der Waals surface area contributed by atoms with Gasteiger partial charge in [-0.05, 0) is 30.3 Å². The molecule has 0 saturated heterocycles. The summed E-state index contributed by atoms with van der Waals surface area (Å²) in [5, 5.41) is 9.20. The summed E-state index contributed by atoms with van der Waals surface area (Å²) in [6.07, 6.45) is 1.37. The van der Waals surface area contributed by atoms with Crippen molar-refractivity contribution in [1.29, 1.82) is 0 Å². The molecule has 0 radical (unpaired) electrons. The van der Waals surface area contributed by atoms with E-state index in [-0.39, 0.29) is 10.7 Å². The van der Waals surface area contributed by atoms with Crippen molar-refractivity contribution in [3.63, 3.8) is 0 Å². The molecule has 0 aliphatic heterocycles. The van der Waals surface area contributed by atoms with Crippen LogP contribution in [0.4, 0.5) is 4.39 Å². The zero-order valence-electron chi connectivity index (χ0n) is 9.78. The van der Waals surface area contributed by atoms with Gasteiger partial charge < -0.3 is 9.52 Å². The third-order valence-electron chi connectivity index (χ3n) is 2.47. The molecule has 102 valence electrons. The van der Waals surface area contributed by atoms with Crippen molar-refractivity contribution in [2.45, 2.75) is 10.9 Å². The van der Waals surface area contributed by atoms with Crippen molar-refractivity contribution in [2.24, 2.45) is 0 Å². The largest absolute Gasteiger partial charge is 0.468 e. The molecule has 2 N–H and O–H groups in total. The minimum Gasteiger partial charge on any atom is -0.468 e. The Balaban J connectivity index is 2.26. The molecule has 1 heterocycles. The standard InChI is InChI=1S/C12H12FNO4S/c13-9-3-1-4-10(7-9)19(16,17)14-11(8-15)12-5-2-6-18-12/h1-7,11,14-15H,8H2. The van der Waals surface area contributed by atoms with Crippen molar-refractivity contribution in [3.8, 4) is 0 Å². The lowest BCUT2D eigenvalue weighted by molar-refractivity contribution is 0.242. The first-order chi connectivity index (χ1) is 9.03. The molecular formula is C12H12FNO4S. The van der Waals surface area contributed by atoms with E-state index in [0.29, 0.717) is 0 Å². The first-order valence-electron chi connectivity index (χ1n) is 5.45. The fourth-order valence-corrected chi connectivity index (χ4v) is 2.79. The van der Waals surface area contributed by atoms with Crippen LogP contribution in [-0.4, -0.2) is 20.1 Å². The van der Waals surface area contributed by atoms with Crippen LogP contribution in [0.2, 0.25) is 0 Å². The number of hydrogen-bond donors (Lipinski definition) is 2. The second-order valence-corrected chi connectivity index (χ2v) is 5.54. The molecular weight excluding hydrogens is 273 g/mol. The number of aliphatic hydroxyl groups is 1. The van der Waals surface area contributed by atoms with Gasteiger partial charge in [-0.25, -0.2) is 12.8 Å². The van der Waals surface area contributed by atoms with Crippen LogP contribution in [0.5, 0.6) is 0 Å². The molecule has 0 aliphatic carbocycles. The maximum absolute atomic E-state index is 13.0. The SMILES string of the molecule is O=S(=O)(NC(CO)c1ccco1)c1cccc(F)c1. The van der Waals surface area contributed by atoms with Gasteiger partial charge in [-0.3, -0.25) is 0 Å². The maximum atomic E-state index is 13.0. The van der Waals surface area contributed by atoms with Crippen LogP contribution < -0.4 is 4.72 Å². The summed E-state index contributed by atoms with van der Waals surface area (Å²) in [5.74, 6) is -0.371. The summed E-state index contributed by atoms with van der Waals surface area (Å²) in [6, 6.07) is 6.81. The van der Waals surface area contributed by atoms with E-state index in [1.165, 1.54) is 24.5 Å². The highest BCUT2D eigenvalue weighted by Gasteiger charge is 2.22. The topological polar surface area (TPSA) is 79.5 Å². The predicted octanol–water partition coefficient (Wildman–Crippen LogP) is 1.43. The Hall–Kier alpha value is -1.70. The number of furan rings is 1. The Bertz CT molecular complexity index is 640. The molecule has 1 aromatic heterocycles. The van der Waals surface area contributed by atoms with E-state index < -0.39 is 28.5 Å². The molecule has 1 aromatic carbocycles. The van der Waals surface area contributed by atoms with Gasteiger partial charge in [0.05, 0.1) is 17.8 Å². The number of benzene rings is 1. The Morgan fingerprint density at radius 1 is 1.32 bits per heavy atom. The summed E-state index contributed by atoms with van der Waals surface area (Å²) < 4.78 is 44.3. The fraction of sp³-hybridized carbons (Fsp3) is 0.167. The minimum atomic E-state index is -3.93. The highest BCUT2D eigenvalue weighted by molar-refractivity contribution is 7.89. The molecule has 2 rings (SSSR count). The van der Waals surface area contributed by atoms with Crippen molar-refractivity contribution >= 4 is 10.0 Å². The molecule has 19 heavy (non-hydrogen) atoms. The van der Waals surface area contributed by atoms with Crippen molar-refractivity contribution < 1.29 is 22.3 Å². The van der Waals surface area contributed by atoms with Crippen molar-refractivity contribution in [1.82, 2.24) is 4.72 Å². The number of sulfonamides is 1. The number of nitrogens with one attached hydrogen (secondary N) is 1. The Morgan fingerprint density at radius 3 is 2.68 bits per heavy atom. The monoisotopic (exact) mass is 285 g/mol. The van der Waals surface area contributed by atoms with Gasteiger partial charge in [-0.15, -0.1) is 0 Å². The summed E-state index contributed by atoms with van der Waals surface area (Å²) in [5.41, 5.74) is 0. The molecule has 5 nitrogen and oxygen atoms in total. The average molecular weight is 285 g/mol. The zero-order chi connectivity index (χ0) is 13.9. The molecule has 0 bridgehead atoms. The summed E-state index contributed by atoms with van der Waals surface area (Å²) in [7, 11) is -3.93. The Labute approximate surface area is 109 Å². The van der Waals surface area contributed by atoms with Crippen LogP contribution in [0.3, 0.4) is 0 Å². The van der Waals surface area contributed by atoms with E-state index in [4.69, 9.17) is 4.42 Å². The van der Waals surface area contributed by atoms with Gasteiger partial charge in [-0.1, -0.05) is 6.07 Å². The average Bonchev–Trinajstić information content (AvgIpc) is 2.90. The van der Waals surface area contributed by atoms with Gasteiger partial charge in [0.1, 0.15) is 17.6 Å². The molecule has 0 fully saturated rings. The van der Waals surface area contributed by atoms with Gasteiger partial charge in [-0.2, -0.15) is 4.72 Å². The lowest BCUT2D eigenvalue weighted by Gasteiger charge is -2.14. The Morgan fingerprint density at radius 2 is 2.11 bits per heavy atom. The van der Waals surface area contributed by atoms with Gasteiger partial charge in [0.25, 0.3) is 0 Å². The van der Waals surface area contributed by atoms with Gasteiger partial charge in [0.15, 0.2) is 0 Å². The number of rotatable bonds is 5. The van der Waals surface area contributed by atoms with E-state index in [2.05, 4.69) is 4.72 Å². The van der Waals surface area contributed by atoms with Crippen molar-refractivity contribution in [3.05, 3.63) is 54.2 Å². The molecule has 1 atom stereocenters. The summed E-state index contributed by atoms with van der Waals surface area (Å²) in [6.45, 7) is -0.470. The van der Waals surface area contributed by atoms with Crippen LogP contribution in [0, 0.1) is 5.82 Å². The molecule has 0 amide bonds. The van der Waals surface area contributed by atoms with E-state index in [9.17, 15) is 17.9 Å². The molecule has 7 heteroatoms. The third kappa shape index (κ3) is 3.19. The van der Waals surface area contributed by atoms with Gasteiger partial charge in [0.2, 0.25) is 10.0 Å². The molecule has 0 saturated carbocycles. The fourth-order valence-electron chi connectivity index (χ4n) is 1.56. The van der Waals surface area contributed by atoms with Gasteiger partial charge in [0, 0.05) is 0 Å². The first-order valence-corrected chi connectivity index (χ1v) is 6.93. The number of aliphatic hydroxyl groups excluding tert-OH is 1. The summed E-state index contributed by atoms with van der Waals surface area (Å²) >= 11 is 0. The van der Waals surface area contributed by atoms with Crippen molar-refractivity contribution in [2.75, 3.05) is 6.61 Å². The van der Waals surface area contributed by atoms with E-state index in [1.807, 2.05) is 0 Å². The highest BCUT2D eigenvalue weighted by atomic mass is 32.2. The Kier molecular flexibility index (Phi) is 3.98. The molecule has 1 unspecified atom stereocenters. The van der Waals surface area contributed by atoms with E-state index >= 15 is 0 Å². The lowest BCUT2D eigenvalue weighted by atomic mass is 10.2. The lowest BCUT2D eigenvalue weighted by Crippen LogP contribution is -2.30. The summed E-state index contributed by atoms with van der Waals surface area (Å²) in [4.78, 5) is -0.211. The normalized spacial score (nSPS) is 13.4. The van der Waals surface area contributed by atoms with Crippen LogP contribution in [0.25, 0.3) is 0 Å². The highest BCUT2D eigenvalue weighted by Crippen LogP contribution is 2.17. The minimum absolute atomic E-state index is 0.211. The number of hydrogen-bond acceptors (Lipinski definition) is 4. The quantitative estimate of drug-likeness (QED) is 0.871. The van der Waals surface area contributed by atoms with Crippen LogP contribution in [0.1, 0.15) is 11.8 Å². The van der Waals surface area contributed by atoms with Crippen LogP contribution >= 0.6 is 0 Å². The van der Waals surface area contributed by atoms with Crippen LogP contribution in [0.15, 0.2) is 52.0 Å². The van der Waals surface area contributed by atoms with Gasteiger partial charge >= 0.3 is 0 Å². The molecule has 0 spiro atoms. The first kappa shape index (κ1) is 13.7. The van der Waals surface area contributed by atoms with E-state index in [1.54, 1.807) is 6.07 Å². The number of halogens is 1. The second-order valence-electron chi connectivity index (χ2n) is 3.83. The molecule has 0 aliphatic rings. The molecule has 2 aromatic rings.